The largest absolute Gasteiger partial charge is 0.324 e. The van der Waals surface area contributed by atoms with E-state index in [1.165, 1.54) is 0 Å². The van der Waals surface area contributed by atoms with Crippen molar-refractivity contribution in [2.75, 3.05) is 5.32 Å². The third-order valence-corrected chi connectivity index (χ3v) is 4.37. The molecule has 0 saturated heterocycles. The molecule has 0 unspecified atom stereocenters. The van der Waals surface area contributed by atoms with Crippen LogP contribution in [0.2, 0.25) is 0 Å². The van der Waals surface area contributed by atoms with Gasteiger partial charge in [-0.25, -0.2) is 4.98 Å². The predicted molar refractivity (Wildman–Crippen MR) is 96.4 cm³/mol. The molecule has 3 rings (SSSR count). The number of benzene rings is 2. The van der Waals surface area contributed by atoms with Gasteiger partial charge in [0.25, 0.3) is 5.91 Å². The van der Waals surface area contributed by atoms with Crippen LogP contribution in [0.5, 0.6) is 0 Å². The molecular weight excluding hydrogens is 363 g/mol. The molecule has 114 valence electrons. The Morgan fingerprint density at radius 2 is 1.77 bits per heavy atom. The molecule has 0 aliphatic rings. The molecular formula is C15H11Cl3N2OS. The molecule has 1 amide bonds. The highest BCUT2D eigenvalue weighted by molar-refractivity contribution is 7.21. The van der Waals surface area contributed by atoms with Gasteiger partial charge >= 0.3 is 0 Å². The molecule has 3 aromatic rings. The molecule has 1 N–H and O–H groups in total. The number of carbonyl (C=O) groups excluding carboxylic acids is 1. The van der Waals surface area contributed by atoms with E-state index in [0.29, 0.717) is 5.69 Å². The number of anilines is 1. The summed E-state index contributed by atoms with van der Waals surface area (Å²) < 4.78 is 1.15. The summed E-state index contributed by atoms with van der Waals surface area (Å²) in [5.74, 6) is -0.439. The van der Waals surface area contributed by atoms with Crippen LogP contribution >= 0.6 is 46.9 Å². The number of nitrogens with zero attached hydrogens (tertiary/aromatic N) is 1. The number of hydrogen-bond donors (Lipinski definition) is 1. The van der Waals surface area contributed by atoms with Crippen molar-refractivity contribution >= 4 is 68.8 Å². The van der Waals surface area contributed by atoms with Gasteiger partial charge in [0.2, 0.25) is 0 Å². The maximum Gasteiger partial charge on any atom is 0.257 e. The summed E-state index contributed by atoms with van der Waals surface area (Å²) in [6.07, 6.45) is 0. The zero-order valence-electron chi connectivity index (χ0n) is 11.1. The summed E-state index contributed by atoms with van der Waals surface area (Å²) in [7, 11) is 0. The second-order valence-corrected chi connectivity index (χ2v) is 6.48. The molecule has 22 heavy (non-hydrogen) atoms. The Bertz CT molecular complexity index is 754. The van der Waals surface area contributed by atoms with Crippen molar-refractivity contribution in [1.29, 1.82) is 0 Å². The van der Waals surface area contributed by atoms with E-state index in [1.807, 2.05) is 36.4 Å². The van der Waals surface area contributed by atoms with Gasteiger partial charge in [-0.15, -0.1) is 23.7 Å². The minimum Gasteiger partial charge on any atom is -0.324 e. The first-order valence-electron chi connectivity index (χ1n) is 6.18. The summed E-state index contributed by atoms with van der Waals surface area (Å²) in [6, 6.07) is 15.4. The van der Waals surface area contributed by atoms with Crippen LogP contribution in [0.1, 0.15) is 0 Å². The first kappa shape index (κ1) is 17.0. The fourth-order valence-corrected chi connectivity index (χ4v) is 2.97. The van der Waals surface area contributed by atoms with Gasteiger partial charge in [0.05, 0.1) is 10.2 Å². The summed E-state index contributed by atoms with van der Waals surface area (Å²) >= 11 is 12.6. The average Bonchev–Trinajstić information content (AvgIpc) is 2.91. The number of carbonyl (C=O) groups is 1. The van der Waals surface area contributed by atoms with Gasteiger partial charge in [0.15, 0.2) is 4.84 Å². The number of thiazole rings is 1. The fourth-order valence-electron chi connectivity index (χ4n) is 1.89. The van der Waals surface area contributed by atoms with E-state index in [2.05, 4.69) is 10.3 Å². The summed E-state index contributed by atoms with van der Waals surface area (Å²) in [6.45, 7) is 0. The molecule has 7 heteroatoms. The standard InChI is InChI=1S/C15H10Cl2N2OS.ClH/c16-13(17)14(20)18-10-7-5-9(6-8-10)15-19-11-3-1-2-4-12(11)21-15;/h1-8,13H,(H,18,20);1H. The van der Waals surface area contributed by atoms with Gasteiger partial charge in [-0.05, 0) is 36.4 Å². The van der Waals surface area contributed by atoms with Crippen molar-refractivity contribution < 1.29 is 4.79 Å². The number of alkyl halides is 2. The number of amides is 1. The van der Waals surface area contributed by atoms with Crippen LogP contribution in [0.25, 0.3) is 20.8 Å². The minimum atomic E-state index is -1.08. The number of nitrogens with one attached hydrogen (secondary N) is 1. The fraction of sp³-hybridized carbons (Fsp3) is 0.0667. The highest BCUT2D eigenvalue weighted by Gasteiger charge is 2.11. The van der Waals surface area contributed by atoms with Gasteiger partial charge in [0.1, 0.15) is 5.01 Å². The van der Waals surface area contributed by atoms with E-state index in [4.69, 9.17) is 23.2 Å². The predicted octanol–water partition coefficient (Wildman–Crippen LogP) is 5.13. The molecule has 1 heterocycles. The van der Waals surface area contributed by atoms with Gasteiger partial charge in [-0.1, -0.05) is 35.3 Å². The highest BCUT2D eigenvalue weighted by atomic mass is 35.5. The van der Waals surface area contributed by atoms with Gasteiger partial charge < -0.3 is 5.32 Å². The van der Waals surface area contributed by atoms with Gasteiger partial charge in [0, 0.05) is 11.3 Å². The molecule has 0 aliphatic carbocycles. The lowest BCUT2D eigenvalue weighted by molar-refractivity contribution is -0.114. The van der Waals surface area contributed by atoms with E-state index < -0.39 is 10.7 Å². The molecule has 0 atom stereocenters. The molecule has 0 spiro atoms. The van der Waals surface area contributed by atoms with E-state index in [9.17, 15) is 4.79 Å². The number of hydrogen-bond acceptors (Lipinski definition) is 3. The van der Waals surface area contributed by atoms with Crippen LogP contribution in [-0.2, 0) is 4.79 Å². The number of fused-ring (bicyclic) bond motifs is 1. The highest BCUT2D eigenvalue weighted by Crippen LogP contribution is 2.30. The molecule has 0 saturated carbocycles. The van der Waals surface area contributed by atoms with Crippen molar-refractivity contribution in [3.05, 3.63) is 48.5 Å². The quantitative estimate of drug-likeness (QED) is 0.647. The Labute approximate surface area is 147 Å². The second kappa shape index (κ2) is 7.29. The van der Waals surface area contributed by atoms with E-state index in [-0.39, 0.29) is 12.4 Å². The third kappa shape index (κ3) is 3.70. The molecule has 0 aliphatic heterocycles. The van der Waals surface area contributed by atoms with Crippen LogP contribution < -0.4 is 5.32 Å². The average molecular weight is 374 g/mol. The summed E-state index contributed by atoms with van der Waals surface area (Å²) in [4.78, 5) is 14.9. The van der Waals surface area contributed by atoms with E-state index in [1.54, 1.807) is 23.5 Å². The number of rotatable bonds is 3. The van der Waals surface area contributed by atoms with Crippen molar-refractivity contribution in [3.63, 3.8) is 0 Å². The lowest BCUT2D eigenvalue weighted by Gasteiger charge is -2.05. The maximum absolute atomic E-state index is 11.4. The lowest BCUT2D eigenvalue weighted by atomic mass is 10.2. The Balaban J connectivity index is 0.00000176. The Morgan fingerprint density at radius 1 is 1.09 bits per heavy atom. The smallest absolute Gasteiger partial charge is 0.257 e. The Kier molecular flexibility index (Phi) is 5.64. The van der Waals surface area contributed by atoms with Crippen molar-refractivity contribution in [3.8, 4) is 10.6 Å². The monoisotopic (exact) mass is 372 g/mol. The zero-order valence-corrected chi connectivity index (χ0v) is 14.3. The van der Waals surface area contributed by atoms with Crippen molar-refractivity contribution in [1.82, 2.24) is 4.98 Å². The van der Waals surface area contributed by atoms with Crippen molar-refractivity contribution in [2.45, 2.75) is 4.84 Å². The maximum atomic E-state index is 11.4. The van der Waals surface area contributed by atoms with Crippen LogP contribution in [0.4, 0.5) is 5.69 Å². The van der Waals surface area contributed by atoms with Gasteiger partial charge in [-0.3, -0.25) is 4.79 Å². The van der Waals surface area contributed by atoms with Crippen molar-refractivity contribution in [2.24, 2.45) is 0 Å². The molecule has 1 aromatic heterocycles. The molecule has 0 fully saturated rings. The number of para-hydroxylation sites is 1. The normalized spacial score (nSPS) is 10.5. The van der Waals surface area contributed by atoms with E-state index >= 15 is 0 Å². The van der Waals surface area contributed by atoms with Crippen LogP contribution in [0, 0.1) is 0 Å². The zero-order chi connectivity index (χ0) is 14.8. The Morgan fingerprint density at radius 3 is 2.41 bits per heavy atom. The van der Waals surface area contributed by atoms with Crippen LogP contribution in [0.3, 0.4) is 0 Å². The molecule has 0 bridgehead atoms. The Hall–Kier alpha value is -1.33. The first-order valence-corrected chi connectivity index (χ1v) is 7.87. The summed E-state index contributed by atoms with van der Waals surface area (Å²) in [5, 5.41) is 3.57. The van der Waals surface area contributed by atoms with Crippen LogP contribution in [0.15, 0.2) is 48.5 Å². The minimum absolute atomic E-state index is 0. The SMILES string of the molecule is Cl.O=C(Nc1ccc(-c2nc3ccccc3s2)cc1)C(Cl)Cl. The second-order valence-electron chi connectivity index (χ2n) is 4.35. The molecule has 3 nitrogen and oxygen atoms in total. The van der Waals surface area contributed by atoms with Gasteiger partial charge in [-0.2, -0.15) is 0 Å². The molecule has 0 radical (unpaired) electrons. The number of aromatic nitrogens is 1. The van der Waals surface area contributed by atoms with Crippen LogP contribution in [-0.4, -0.2) is 15.7 Å². The lowest BCUT2D eigenvalue weighted by Crippen LogP contribution is -2.18. The first-order chi connectivity index (χ1) is 10.1. The molecule has 2 aromatic carbocycles. The third-order valence-electron chi connectivity index (χ3n) is 2.89. The van der Waals surface area contributed by atoms with E-state index in [0.717, 1.165) is 20.8 Å². The topological polar surface area (TPSA) is 42.0 Å². The summed E-state index contributed by atoms with van der Waals surface area (Å²) in [5.41, 5.74) is 2.64. The number of halogens is 3.